The minimum absolute atomic E-state index is 0.491. The Morgan fingerprint density at radius 3 is 2.48 bits per heavy atom. The summed E-state index contributed by atoms with van der Waals surface area (Å²) in [5, 5.41) is 7.73. The van der Waals surface area contributed by atoms with E-state index in [2.05, 4.69) is 22.8 Å². The quantitative estimate of drug-likeness (QED) is 0.667. The molecule has 0 radical (unpaired) electrons. The van der Waals surface area contributed by atoms with Gasteiger partial charge in [0.2, 0.25) is 0 Å². The van der Waals surface area contributed by atoms with Crippen LogP contribution in [0.4, 0.5) is 0 Å². The van der Waals surface area contributed by atoms with Gasteiger partial charge >= 0.3 is 0 Å². The topological polar surface area (TPSA) is 42.5 Å². The SMILES string of the molecule is CCOc1cc(CNCC2CCNCC2)ccc1OCc1ccc(Cl)cc1. The molecule has 0 aromatic heterocycles. The summed E-state index contributed by atoms with van der Waals surface area (Å²) in [5.74, 6) is 2.35. The fourth-order valence-corrected chi connectivity index (χ4v) is 3.42. The molecule has 146 valence electrons. The lowest BCUT2D eigenvalue weighted by atomic mass is 9.98. The van der Waals surface area contributed by atoms with Gasteiger partial charge in [0.25, 0.3) is 0 Å². The van der Waals surface area contributed by atoms with Gasteiger partial charge in [-0.15, -0.1) is 0 Å². The first-order valence-corrected chi connectivity index (χ1v) is 10.2. The van der Waals surface area contributed by atoms with Crippen molar-refractivity contribution in [1.82, 2.24) is 10.6 Å². The number of rotatable bonds is 9. The Balaban J connectivity index is 1.55. The number of piperidine rings is 1. The highest BCUT2D eigenvalue weighted by Gasteiger charge is 2.12. The summed E-state index contributed by atoms with van der Waals surface area (Å²) in [5.41, 5.74) is 2.29. The second kappa shape index (κ2) is 10.5. The first-order chi connectivity index (χ1) is 13.2. The van der Waals surface area contributed by atoms with Crippen LogP contribution in [0.5, 0.6) is 11.5 Å². The van der Waals surface area contributed by atoms with Gasteiger partial charge in [0.15, 0.2) is 11.5 Å². The van der Waals surface area contributed by atoms with E-state index in [1.165, 1.54) is 18.4 Å². The van der Waals surface area contributed by atoms with E-state index in [1.807, 2.05) is 37.3 Å². The van der Waals surface area contributed by atoms with Gasteiger partial charge in [-0.05, 0) is 80.7 Å². The molecule has 2 aromatic rings. The van der Waals surface area contributed by atoms with Crippen LogP contribution in [0.1, 0.15) is 30.9 Å². The molecular weight excluding hydrogens is 360 g/mol. The van der Waals surface area contributed by atoms with Crippen LogP contribution < -0.4 is 20.1 Å². The Morgan fingerprint density at radius 2 is 1.74 bits per heavy atom. The van der Waals surface area contributed by atoms with Crippen LogP contribution in [0.25, 0.3) is 0 Å². The third-order valence-electron chi connectivity index (χ3n) is 4.84. The molecular formula is C22H29ClN2O2. The van der Waals surface area contributed by atoms with E-state index in [0.29, 0.717) is 13.2 Å². The Kier molecular flexibility index (Phi) is 7.81. The van der Waals surface area contributed by atoms with Gasteiger partial charge in [0.05, 0.1) is 6.61 Å². The van der Waals surface area contributed by atoms with E-state index >= 15 is 0 Å². The molecule has 0 spiro atoms. The first kappa shape index (κ1) is 20.0. The molecule has 1 fully saturated rings. The lowest BCUT2D eigenvalue weighted by Gasteiger charge is -2.23. The van der Waals surface area contributed by atoms with E-state index in [4.69, 9.17) is 21.1 Å². The third-order valence-corrected chi connectivity index (χ3v) is 5.09. The maximum Gasteiger partial charge on any atom is 0.161 e. The van der Waals surface area contributed by atoms with Crippen molar-refractivity contribution in [3.8, 4) is 11.5 Å². The van der Waals surface area contributed by atoms with Crippen LogP contribution in [0.15, 0.2) is 42.5 Å². The van der Waals surface area contributed by atoms with Gasteiger partial charge < -0.3 is 20.1 Å². The summed E-state index contributed by atoms with van der Waals surface area (Å²) in [6, 6.07) is 13.9. The van der Waals surface area contributed by atoms with E-state index in [0.717, 1.165) is 54.2 Å². The van der Waals surface area contributed by atoms with Crippen LogP contribution in [0.2, 0.25) is 5.02 Å². The predicted octanol–water partition coefficient (Wildman–Crippen LogP) is 4.41. The van der Waals surface area contributed by atoms with Gasteiger partial charge in [-0.25, -0.2) is 0 Å². The fraction of sp³-hybridized carbons (Fsp3) is 0.455. The molecule has 1 aliphatic heterocycles. The zero-order chi connectivity index (χ0) is 18.9. The lowest BCUT2D eigenvalue weighted by Crippen LogP contribution is -2.33. The van der Waals surface area contributed by atoms with Crippen LogP contribution in [-0.4, -0.2) is 26.2 Å². The molecule has 1 aliphatic rings. The molecule has 4 nitrogen and oxygen atoms in total. The Morgan fingerprint density at radius 1 is 1.00 bits per heavy atom. The third kappa shape index (κ3) is 6.42. The van der Waals surface area contributed by atoms with Crippen molar-refractivity contribution in [3.05, 3.63) is 58.6 Å². The lowest BCUT2D eigenvalue weighted by molar-refractivity contribution is 0.269. The van der Waals surface area contributed by atoms with Crippen molar-refractivity contribution in [3.63, 3.8) is 0 Å². The summed E-state index contributed by atoms with van der Waals surface area (Å²) in [4.78, 5) is 0. The summed E-state index contributed by atoms with van der Waals surface area (Å²) in [7, 11) is 0. The summed E-state index contributed by atoms with van der Waals surface area (Å²) >= 11 is 5.93. The van der Waals surface area contributed by atoms with Crippen LogP contribution in [-0.2, 0) is 13.2 Å². The van der Waals surface area contributed by atoms with Crippen molar-refractivity contribution < 1.29 is 9.47 Å². The molecule has 0 aliphatic carbocycles. The zero-order valence-electron chi connectivity index (χ0n) is 16.0. The second-order valence-corrected chi connectivity index (χ2v) is 7.39. The van der Waals surface area contributed by atoms with Crippen LogP contribution >= 0.6 is 11.6 Å². The number of benzene rings is 2. The highest BCUT2D eigenvalue weighted by atomic mass is 35.5. The Hall–Kier alpha value is -1.75. The zero-order valence-corrected chi connectivity index (χ0v) is 16.7. The van der Waals surface area contributed by atoms with Gasteiger partial charge in [-0.2, -0.15) is 0 Å². The van der Waals surface area contributed by atoms with Gasteiger partial charge in [0.1, 0.15) is 6.61 Å². The minimum Gasteiger partial charge on any atom is -0.490 e. The number of ether oxygens (including phenoxy) is 2. The van der Waals surface area contributed by atoms with Crippen molar-refractivity contribution in [2.75, 3.05) is 26.2 Å². The van der Waals surface area contributed by atoms with E-state index < -0.39 is 0 Å². The average molecular weight is 389 g/mol. The smallest absolute Gasteiger partial charge is 0.161 e. The molecule has 27 heavy (non-hydrogen) atoms. The Labute approximate surface area is 167 Å². The monoisotopic (exact) mass is 388 g/mol. The van der Waals surface area contributed by atoms with Crippen molar-refractivity contribution in [2.45, 2.75) is 32.9 Å². The summed E-state index contributed by atoms with van der Waals surface area (Å²) in [6.45, 7) is 7.29. The molecule has 0 amide bonds. The van der Waals surface area contributed by atoms with Crippen LogP contribution in [0.3, 0.4) is 0 Å². The highest BCUT2D eigenvalue weighted by Crippen LogP contribution is 2.29. The first-order valence-electron chi connectivity index (χ1n) is 9.79. The highest BCUT2D eigenvalue weighted by molar-refractivity contribution is 6.30. The molecule has 1 saturated heterocycles. The standard InChI is InChI=1S/C22H29ClN2O2/c1-2-26-22-13-19(15-25-14-17-9-11-24-12-10-17)5-8-21(22)27-16-18-3-6-20(23)7-4-18/h3-8,13,17,24-25H,2,9-12,14-16H2,1H3. The largest absolute Gasteiger partial charge is 0.490 e. The normalized spacial score (nSPS) is 14.9. The van der Waals surface area contributed by atoms with E-state index in [-0.39, 0.29) is 0 Å². The molecule has 5 heteroatoms. The summed E-state index contributed by atoms with van der Waals surface area (Å²) in [6.07, 6.45) is 2.52. The van der Waals surface area contributed by atoms with Crippen molar-refractivity contribution >= 4 is 11.6 Å². The molecule has 1 heterocycles. The Bertz CT molecular complexity index is 700. The molecule has 0 atom stereocenters. The van der Waals surface area contributed by atoms with Gasteiger partial charge in [-0.1, -0.05) is 29.8 Å². The maximum atomic E-state index is 5.97. The molecule has 0 unspecified atom stereocenters. The van der Waals surface area contributed by atoms with Gasteiger partial charge in [-0.3, -0.25) is 0 Å². The molecule has 3 rings (SSSR count). The van der Waals surface area contributed by atoms with E-state index in [1.54, 1.807) is 0 Å². The van der Waals surface area contributed by atoms with Crippen LogP contribution in [0, 0.1) is 5.92 Å². The molecule has 2 N–H and O–H groups in total. The molecule has 0 saturated carbocycles. The van der Waals surface area contributed by atoms with Gasteiger partial charge in [0, 0.05) is 11.6 Å². The number of hydrogen-bond acceptors (Lipinski definition) is 4. The van der Waals surface area contributed by atoms with Crippen molar-refractivity contribution in [1.29, 1.82) is 0 Å². The van der Waals surface area contributed by atoms with E-state index in [9.17, 15) is 0 Å². The fourth-order valence-electron chi connectivity index (χ4n) is 3.30. The maximum absolute atomic E-state index is 5.97. The number of nitrogens with one attached hydrogen (secondary N) is 2. The number of hydrogen-bond donors (Lipinski definition) is 2. The molecule has 2 aromatic carbocycles. The predicted molar refractivity (Wildman–Crippen MR) is 111 cm³/mol. The molecule has 0 bridgehead atoms. The average Bonchev–Trinajstić information content (AvgIpc) is 2.70. The second-order valence-electron chi connectivity index (χ2n) is 6.95. The van der Waals surface area contributed by atoms with Crippen molar-refractivity contribution in [2.24, 2.45) is 5.92 Å². The number of halogens is 1. The minimum atomic E-state index is 0.491. The summed E-state index contributed by atoms with van der Waals surface area (Å²) < 4.78 is 11.8.